The lowest BCUT2D eigenvalue weighted by molar-refractivity contribution is 0.0238. The number of aromatic nitrogens is 2. The summed E-state index contributed by atoms with van der Waals surface area (Å²) in [6.45, 7) is 7.05. The fourth-order valence-electron chi connectivity index (χ4n) is 3.77. The van der Waals surface area contributed by atoms with Crippen LogP contribution in [0.5, 0.6) is 0 Å². The summed E-state index contributed by atoms with van der Waals surface area (Å²) in [4.78, 5) is 26.6. The zero-order valence-electron chi connectivity index (χ0n) is 19.7. The molecule has 3 aromatic rings. The number of rotatable bonds is 4. The topological polar surface area (TPSA) is 120 Å². The molecule has 1 aliphatic rings. The van der Waals surface area contributed by atoms with E-state index in [1.54, 1.807) is 45.9 Å². The zero-order valence-corrected chi connectivity index (χ0v) is 22.6. The van der Waals surface area contributed by atoms with Gasteiger partial charge in [0.1, 0.15) is 5.60 Å². The van der Waals surface area contributed by atoms with Gasteiger partial charge in [-0.1, -0.05) is 24.3 Å². The molecule has 0 fully saturated rings. The Morgan fingerprint density at radius 3 is 2.46 bits per heavy atom. The molecule has 186 valence electrons. The van der Waals surface area contributed by atoms with Gasteiger partial charge < -0.3 is 9.47 Å². The minimum Gasteiger partial charge on any atom is -0.448 e. The predicted octanol–water partition coefficient (Wildman–Crippen LogP) is 4.70. The molecule has 2 aromatic carbocycles. The second-order valence-corrected chi connectivity index (χ2v) is 11.7. The molecule has 2 heterocycles. The molecule has 1 amide bonds. The van der Waals surface area contributed by atoms with Crippen LogP contribution in [0, 0.1) is 3.57 Å². The van der Waals surface area contributed by atoms with Gasteiger partial charge in [-0.25, -0.2) is 18.0 Å². The minimum absolute atomic E-state index is 0.0181. The third-order valence-corrected chi connectivity index (χ3v) is 7.56. The van der Waals surface area contributed by atoms with Crippen molar-refractivity contribution in [3.05, 3.63) is 51.2 Å². The Bertz CT molecular complexity index is 1430. The van der Waals surface area contributed by atoms with E-state index >= 15 is 0 Å². The number of amides is 1. The van der Waals surface area contributed by atoms with Gasteiger partial charge in [-0.3, -0.25) is 9.62 Å². The minimum atomic E-state index is -4.09. The second kappa shape index (κ2) is 9.30. The van der Waals surface area contributed by atoms with Crippen LogP contribution in [0.1, 0.15) is 39.0 Å². The highest BCUT2D eigenvalue weighted by molar-refractivity contribution is 14.1. The first-order valence-electron chi connectivity index (χ1n) is 10.9. The van der Waals surface area contributed by atoms with E-state index in [4.69, 9.17) is 9.47 Å². The highest BCUT2D eigenvalue weighted by atomic mass is 127. The summed E-state index contributed by atoms with van der Waals surface area (Å²) in [5, 5.41) is 5.56. The number of benzene rings is 2. The molecule has 1 aromatic heterocycles. The van der Waals surface area contributed by atoms with Gasteiger partial charge in [0.15, 0.2) is 5.82 Å². The molecule has 1 aliphatic heterocycles. The lowest BCUT2D eigenvalue weighted by Crippen LogP contribution is -2.34. The summed E-state index contributed by atoms with van der Waals surface area (Å²) >= 11 is 2.15. The summed E-state index contributed by atoms with van der Waals surface area (Å²) in [5.74, 6) is -0.0401. The number of carbonyl (C=O) groups excluding carboxylic acids is 2. The molecule has 10 nitrogen and oxygen atoms in total. The van der Waals surface area contributed by atoms with E-state index < -0.39 is 27.8 Å². The number of fused-ring (bicyclic) bond motifs is 2. The van der Waals surface area contributed by atoms with E-state index in [0.717, 1.165) is 13.6 Å². The fourth-order valence-corrected chi connectivity index (χ4v) is 5.71. The maximum absolute atomic E-state index is 13.5. The van der Waals surface area contributed by atoms with Crippen LogP contribution in [0.25, 0.3) is 10.8 Å². The first-order valence-corrected chi connectivity index (χ1v) is 13.4. The lowest BCUT2D eigenvalue weighted by Gasteiger charge is -2.24. The average molecular weight is 612 g/mol. The van der Waals surface area contributed by atoms with E-state index in [1.165, 1.54) is 11.0 Å². The lowest BCUT2D eigenvalue weighted by atomic mass is 10.1. The van der Waals surface area contributed by atoms with Gasteiger partial charge in [-0.15, -0.1) is 5.10 Å². The Morgan fingerprint density at radius 1 is 1.09 bits per heavy atom. The molecule has 0 bridgehead atoms. The van der Waals surface area contributed by atoms with E-state index in [2.05, 4.69) is 32.4 Å². The molecule has 0 unspecified atom stereocenters. The number of nitrogens with one attached hydrogen (secondary N) is 1. The van der Waals surface area contributed by atoms with Crippen molar-refractivity contribution in [3.8, 4) is 0 Å². The molecule has 0 saturated carbocycles. The van der Waals surface area contributed by atoms with Crippen LogP contribution in [-0.4, -0.2) is 47.5 Å². The van der Waals surface area contributed by atoms with Gasteiger partial charge in [0, 0.05) is 14.5 Å². The van der Waals surface area contributed by atoms with Crippen LogP contribution in [0.15, 0.2) is 41.3 Å². The van der Waals surface area contributed by atoms with Crippen molar-refractivity contribution in [2.75, 3.05) is 11.3 Å². The van der Waals surface area contributed by atoms with E-state index in [1.807, 2.05) is 12.1 Å². The highest BCUT2D eigenvalue weighted by Crippen LogP contribution is 2.33. The van der Waals surface area contributed by atoms with Crippen LogP contribution in [0.4, 0.5) is 15.4 Å². The van der Waals surface area contributed by atoms with Crippen molar-refractivity contribution < 1.29 is 27.5 Å². The molecule has 0 saturated heterocycles. The largest absolute Gasteiger partial charge is 0.448 e. The molecule has 4 rings (SSSR count). The number of anilines is 1. The summed E-state index contributed by atoms with van der Waals surface area (Å²) in [6, 6.07) is 10.4. The van der Waals surface area contributed by atoms with Crippen molar-refractivity contribution in [2.45, 2.75) is 51.3 Å². The molecule has 0 atom stereocenters. The first-order chi connectivity index (χ1) is 16.4. The SMILES string of the molecule is CCOC(=O)n1nc(NS(=O)(=O)c2cccc3c(I)cccc23)c2c1CN(C(=O)OC(C)(C)C)C2. The third-order valence-electron chi connectivity index (χ3n) is 5.22. The zero-order chi connectivity index (χ0) is 25.5. The third kappa shape index (κ3) is 5.08. The molecule has 35 heavy (non-hydrogen) atoms. The number of hydrogen-bond donors (Lipinski definition) is 1. The molecular weight excluding hydrogens is 587 g/mol. The van der Waals surface area contributed by atoms with Crippen LogP contribution in [0.2, 0.25) is 0 Å². The van der Waals surface area contributed by atoms with Crippen molar-refractivity contribution >= 4 is 61.4 Å². The Kier molecular flexibility index (Phi) is 6.70. The number of carbonyl (C=O) groups is 2. The molecule has 1 N–H and O–H groups in total. The van der Waals surface area contributed by atoms with Gasteiger partial charge in [0.05, 0.1) is 30.3 Å². The number of nitrogens with zero attached hydrogens (tertiary/aromatic N) is 3. The number of halogens is 1. The maximum Gasteiger partial charge on any atom is 0.435 e. The number of ether oxygens (including phenoxy) is 2. The van der Waals surface area contributed by atoms with Gasteiger partial charge in [-0.05, 0) is 67.8 Å². The van der Waals surface area contributed by atoms with Gasteiger partial charge >= 0.3 is 12.2 Å². The molecule has 0 spiro atoms. The quantitative estimate of drug-likeness (QED) is 0.425. The van der Waals surface area contributed by atoms with Crippen LogP contribution >= 0.6 is 22.6 Å². The Hall–Kier alpha value is -2.87. The van der Waals surface area contributed by atoms with E-state index in [0.29, 0.717) is 16.6 Å². The second-order valence-electron chi connectivity index (χ2n) is 8.92. The predicted molar refractivity (Wildman–Crippen MR) is 138 cm³/mol. The summed E-state index contributed by atoms with van der Waals surface area (Å²) in [7, 11) is -4.09. The number of sulfonamides is 1. The fraction of sp³-hybridized carbons (Fsp3) is 0.348. The summed E-state index contributed by atoms with van der Waals surface area (Å²) in [6.07, 6.45) is -1.35. The molecule has 12 heteroatoms. The monoisotopic (exact) mass is 612 g/mol. The molecule has 0 aliphatic carbocycles. The van der Waals surface area contributed by atoms with Crippen molar-refractivity contribution in [1.82, 2.24) is 14.7 Å². The Labute approximate surface area is 216 Å². The van der Waals surface area contributed by atoms with Crippen LogP contribution in [0.3, 0.4) is 0 Å². The van der Waals surface area contributed by atoms with Gasteiger partial charge in [-0.2, -0.15) is 4.68 Å². The van der Waals surface area contributed by atoms with Crippen molar-refractivity contribution in [2.24, 2.45) is 0 Å². The standard InChI is InChI=1S/C23H25IN4O6S/c1-5-33-22(30)28-18-13-27(21(29)34-23(2,3)4)12-16(18)20(25-28)26-35(31,32)19-11-7-8-14-15(19)9-6-10-17(14)24/h6-11H,5,12-13H2,1-4H3,(H,25,26). The summed E-state index contributed by atoms with van der Waals surface area (Å²) in [5.41, 5.74) is 0.0526. The first kappa shape index (κ1) is 25.2. The smallest absolute Gasteiger partial charge is 0.435 e. The van der Waals surface area contributed by atoms with E-state index in [-0.39, 0.29) is 30.4 Å². The Morgan fingerprint density at radius 2 is 1.77 bits per heavy atom. The van der Waals surface area contributed by atoms with Crippen LogP contribution < -0.4 is 4.72 Å². The maximum atomic E-state index is 13.5. The number of hydrogen-bond acceptors (Lipinski definition) is 7. The normalized spacial score (nSPS) is 13.6. The van der Waals surface area contributed by atoms with Gasteiger partial charge in [0.25, 0.3) is 10.0 Å². The van der Waals surface area contributed by atoms with Crippen molar-refractivity contribution in [1.29, 1.82) is 0 Å². The molecule has 0 radical (unpaired) electrons. The molecular formula is C23H25IN4O6S. The van der Waals surface area contributed by atoms with E-state index in [9.17, 15) is 18.0 Å². The van der Waals surface area contributed by atoms with Gasteiger partial charge in [0.2, 0.25) is 0 Å². The average Bonchev–Trinajstić information content (AvgIpc) is 3.33. The van der Waals surface area contributed by atoms with Crippen LogP contribution in [-0.2, 0) is 32.6 Å². The highest BCUT2D eigenvalue weighted by Gasteiger charge is 2.36. The Balaban J connectivity index is 1.73. The summed E-state index contributed by atoms with van der Waals surface area (Å²) < 4.78 is 41.8. The van der Waals surface area contributed by atoms with Crippen molar-refractivity contribution in [3.63, 3.8) is 0 Å².